The van der Waals surface area contributed by atoms with Gasteiger partial charge in [0.05, 0.1) is 10.7 Å². The first-order valence-electron chi connectivity index (χ1n) is 5.53. The van der Waals surface area contributed by atoms with Crippen molar-refractivity contribution in [1.29, 1.82) is 0 Å². The van der Waals surface area contributed by atoms with E-state index in [4.69, 9.17) is 18.0 Å². The van der Waals surface area contributed by atoms with Crippen molar-refractivity contribution in [2.75, 3.05) is 13.6 Å². The van der Waals surface area contributed by atoms with E-state index in [1.807, 2.05) is 24.0 Å². The van der Waals surface area contributed by atoms with Crippen LogP contribution < -0.4 is 5.73 Å². The van der Waals surface area contributed by atoms with Crippen molar-refractivity contribution < 1.29 is 0 Å². The monoisotopic (exact) mass is 240 g/mol. The van der Waals surface area contributed by atoms with Gasteiger partial charge in [0.15, 0.2) is 0 Å². The predicted molar refractivity (Wildman–Crippen MR) is 70.3 cm³/mol. The van der Waals surface area contributed by atoms with Gasteiger partial charge in [0, 0.05) is 25.3 Å². The van der Waals surface area contributed by atoms with E-state index in [9.17, 15) is 0 Å². The first-order chi connectivity index (χ1) is 7.52. The molecule has 0 aliphatic rings. The Labute approximate surface area is 102 Å². The molecule has 0 fully saturated rings. The third kappa shape index (κ3) is 3.90. The van der Waals surface area contributed by atoms with Crippen LogP contribution in [0.3, 0.4) is 0 Å². The number of nitrogens with two attached hydrogens (primary N) is 1. The summed E-state index contributed by atoms with van der Waals surface area (Å²) in [5.41, 5.74) is 6.54. The number of hydrogen-bond acceptors (Lipinski definition) is 3. The molecule has 1 aromatic rings. The summed E-state index contributed by atoms with van der Waals surface area (Å²) in [5, 5.41) is 4.52. The molecule has 90 valence electrons. The Hall–Kier alpha value is -0.940. The highest BCUT2D eigenvalue weighted by atomic mass is 32.1. The van der Waals surface area contributed by atoms with Gasteiger partial charge in [-0.3, -0.25) is 9.58 Å². The van der Waals surface area contributed by atoms with Crippen LogP contribution in [0.1, 0.15) is 32.0 Å². The molecule has 1 aromatic heterocycles. The standard InChI is InChI=1S/C11H20N4S/c1-4-9(2)15-6-5-10(13-15)7-14(3)8-11(12)16/h5-6,9H,4,7-8H2,1-3H3,(H2,12,16). The largest absolute Gasteiger partial charge is 0.392 e. The summed E-state index contributed by atoms with van der Waals surface area (Å²) < 4.78 is 2.00. The number of likely N-dealkylation sites (N-methyl/N-ethyl adjacent to an activating group) is 1. The molecule has 1 heterocycles. The van der Waals surface area contributed by atoms with Gasteiger partial charge >= 0.3 is 0 Å². The van der Waals surface area contributed by atoms with E-state index < -0.39 is 0 Å². The van der Waals surface area contributed by atoms with Crippen molar-refractivity contribution in [2.45, 2.75) is 32.9 Å². The molecule has 0 spiro atoms. The molecule has 1 atom stereocenters. The molecule has 0 saturated carbocycles. The quantitative estimate of drug-likeness (QED) is 0.767. The molecule has 0 amide bonds. The van der Waals surface area contributed by atoms with E-state index in [0.29, 0.717) is 17.6 Å². The highest BCUT2D eigenvalue weighted by molar-refractivity contribution is 7.80. The van der Waals surface area contributed by atoms with E-state index >= 15 is 0 Å². The van der Waals surface area contributed by atoms with Gasteiger partial charge < -0.3 is 5.73 Å². The van der Waals surface area contributed by atoms with Crippen molar-refractivity contribution in [1.82, 2.24) is 14.7 Å². The first-order valence-corrected chi connectivity index (χ1v) is 5.94. The van der Waals surface area contributed by atoms with Crippen LogP contribution in [0.4, 0.5) is 0 Å². The Kier molecular flexibility index (Phi) is 4.89. The van der Waals surface area contributed by atoms with E-state index in [-0.39, 0.29) is 0 Å². The van der Waals surface area contributed by atoms with Gasteiger partial charge in [0.25, 0.3) is 0 Å². The van der Waals surface area contributed by atoms with Crippen LogP contribution >= 0.6 is 12.2 Å². The number of rotatable bonds is 6. The minimum Gasteiger partial charge on any atom is -0.392 e. The lowest BCUT2D eigenvalue weighted by Crippen LogP contribution is -2.29. The second kappa shape index (κ2) is 5.96. The second-order valence-corrected chi connectivity index (χ2v) is 4.71. The van der Waals surface area contributed by atoms with Crippen LogP contribution in [0.5, 0.6) is 0 Å². The van der Waals surface area contributed by atoms with Crippen LogP contribution in [-0.4, -0.2) is 33.3 Å². The van der Waals surface area contributed by atoms with Gasteiger partial charge in [-0.25, -0.2) is 0 Å². The van der Waals surface area contributed by atoms with Gasteiger partial charge in [-0.15, -0.1) is 0 Å². The van der Waals surface area contributed by atoms with Gasteiger partial charge in [0.2, 0.25) is 0 Å². The fourth-order valence-electron chi connectivity index (χ4n) is 1.49. The maximum absolute atomic E-state index is 5.49. The highest BCUT2D eigenvalue weighted by Crippen LogP contribution is 2.09. The Morgan fingerprint density at radius 3 is 2.94 bits per heavy atom. The molecule has 1 unspecified atom stereocenters. The minimum atomic E-state index is 0.453. The van der Waals surface area contributed by atoms with Crippen molar-refractivity contribution in [3.63, 3.8) is 0 Å². The number of hydrogen-bond donors (Lipinski definition) is 1. The molecule has 5 heteroatoms. The smallest absolute Gasteiger partial charge is 0.0870 e. The zero-order valence-corrected chi connectivity index (χ0v) is 11.0. The molecule has 0 aromatic carbocycles. The average Bonchev–Trinajstić information content (AvgIpc) is 2.63. The van der Waals surface area contributed by atoms with Crippen LogP contribution in [0.2, 0.25) is 0 Å². The molecule has 2 N–H and O–H groups in total. The van der Waals surface area contributed by atoms with Crippen LogP contribution in [0, 0.1) is 0 Å². The molecule has 0 aliphatic carbocycles. The van der Waals surface area contributed by atoms with Crippen LogP contribution in [0.25, 0.3) is 0 Å². The lowest BCUT2D eigenvalue weighted by molar-refractivity contribution is 0.364. The molecule has 0 bridgehead atoms. The van der Waals surface area contributed by atoms with Gasteiger partial charge in [-0.2, -0.15) is 5.10 Å². The van der Waals surface area contributed by atoms with Gasteiger partial charge in [-0.05, 0) is 26.5 Å². The minimum absolute atomic E-state index is 0.453. The lowest BCUT2D eigenvalue weighted by atomic mass is 10.3. The van der Waals surface area contributed by atoms with Crippen molar-refractivity contribution in [3.8, 4) is 0 Å². The lowest BCUT2D eigenvalue weighted by Gasteiger charge is -2.14. The number of thiocarbonyl (C=S) groups is 1. The molecule has 16 heavy (non-hydrogen) atoms. The Morgan fingerprint density at radius 1 is 1.69 bits per heavy atom. The third-order valence-corrected chi connectivity index (χ3v) is 2.69. The molecule has 0 aliphatic heterocycles. The van der Waals surface area contributed by atoms with E-state index in [0.717, 1.165) is 18.7 Å². The zero-order chi connectivity index (χ0) is 12.1. The van der Waals surface area contributed by atoms with Gasteiger partial charge in [-0.1, -0.05) is 19.1 Å². The fourth-order valence-corrected chi connectivity index (χ4v) is 1.71. The summed E-state index contributed by atoms with van der Waals surface area (Å²) >= 11 is 4.86. The Bertz CT molecular complexity index is 348. The fraction of sp³-hybridized carbons (Fsp3) is 0.636. The van der Waals surface area contributed by atoms with E-state index in [2.05, 4.69) is 23.8 Å². The van der Waals surface area contributed by atoms with E-state index in [1.54, 1.807) is 0 Å². The Morgan fingerprint density at radius 2 is 2.38 bits per heavy atom. The summed E-state index contributed by atoms with van der Waals surface area (Å²) in [6.07, 6.45) is 3.11. The summed E-state index contributed by atoms with van der Waals surface area (Å²) in [7, 11) is 1.99. The predicted octanol–water partition coefficient (Wildman–Crippen LogP) is 1.57. The number of aromatic nitrogens is 2. The SMILES string of the molecule is CCC(C)n1ccc(CN(C)CC(N)=S)n1. The van der Waals surface area contributed by atoms with E-state index in [1.165, 1.54) is 0 Å². The topological polar surface area (TPSA) is 47.1 Å². The normalized spacial score (nSPS) is 13.0. The summed E-state index contributed by atoms with van der Waals surface area (Å²) in [5.74, 6) is 0. The van der Waals surface area contributed by atoms with Crippen molar-refractivity contribution in [3.05, 3.63) is 18.0 Å². The molecular weight excluding hydrogens is 220 g/mol. The molecule has 0 radical (unpaired) electrons. The summed E-state index contributed by atoms with van der Waals surface area (Å²) in [6, 6.07) is 2.50. The van der Waals surface area contributed by atoms with Crippen molar-refractivity contribution >= 4 is 17.2 Å². The van der Waals surface area contributed by atoms with Crippen LogP contribution in [0.15, 0.2) is 12.3 Å². The third-order valence-electron chi connectivity index (χ3n) is 2.56. The van der Waals surface area contributed by atoms with Gasteiger partial charge in [0.1, 0.15) is 0 Å². The summed E-state index contributed by atoms with van der Waals surface area (Å²) in [6.45, 7) is 5.73. The number of nitrogens with zero attached hydrogens (tertiary/aromatic N) is 3. The maximum atomic E-state index is 5.49. The molecule has 4 nitrogen and oxygen atoms in total. The first kappa shape index (κ1) is 13.1. The molecular formula is C11H20N4S. The average molecular weight is 240 g/mol. The second-order valence-electron chi connectivity index (χ2n) is 4.18. The zero-order valence-electron chi connectivity index (χ0n) is 10.2. The molecule has 1 rings (SSSR count). The summed E-state index contributed by atoms with van der Waals surface area (Å²) in [4.78, 5) is 2.58. The van der Waals surface area contributed by atoms with Crippen LogP contribution in [-0.2, 0) is 6.54 Å². The van der Waals surface area contributed by atoms with Crippen molar-refractivity contribution in [2.24, 2.45) is 5.73 Å². The Balaban J connectivity index is 2.54. The highest BCUT2D eigenvalue weighted by Gasteiger charge is 2.07. The molecule has 0 saturated heterocycles. The maximum Gasteiger partial charge on any atom is 0.0870 e.